The Kier molecular flexibility index (Phi) is 2.28. The van der Waals surface area contributed by atoms with Crippen molar-refractivity contribution in [3.63, 3.8) is 0 Å². The van der Waals surface area contributed by atoms with Crippen LogP contribution in [0.25, 0.3) is 64.6 Å². The fraction of sp³-hybridized carbons (Fsp3) is 0. The fourth-order valence-electron chi connectivity index (χ4n) is 5.23. The van der Waals surface area contributed by atoms with Crippen LogP contribution < -0.4 is 5.46 Å². The second-order valence-corrected chi connectivity index (χ2v) is 7.58. The lowest BCUT2D eigenvalue weighted by Crippen LogP contribution is -2.30. The van der Waals surface area contributed by atoms with Crippen molar-refractivity contribution in [3.8, 4) is 0 Å². The van der Waals surface area contributed by atoms with Crippen LogP contribution in [0.5, 0.6) is 0 Å². The zero-order chi connectivity index (χ0) is 17.9. The summed E-state index contributed by atoms with van der Waals surface area (Å²) in [6.45, 7) is 0. The van der Waals surface area contributed by atoms with Gasteiger partial charge in [0.25, 0.3) is 0 Å². The van der Waals surface area contributed by atoms with Crippen molar-refractivity contribution in [3.05, 3.63) is 66.7 Å². The summed E-state index contributed by atoms with van der Waals surface area (Å²) in [4.78, 5) is 0. The molecule has 7 aromatic rings. The molecular weight excluding hydrogens is 331 g/mol. The monoisotopic (exact) mass is 344 g/mol. The Morgan fingerprint density at radius 1 is 0.444 bits per heavy atom. The molecule has 0 saturated heterocycles. The maximum Gasteiger partial charge on any atom is 0.489 e. The highest BCUT2D eigenvalue weighted by molar-refractivity contribution is 6.64. The first-order chi connectivity index (χ1) is 13.2. The van der Waals surface area contributed by atoms with E-state index in [2.05, 4.69) is 54.6 Å². The average Bonchev–Trinajstić information content (AvgIpc) is 2.71. The fourth-order valence-corrected chi connectivity index (χ4v) is 5.23. The molecule has 0 amide bonds. The molecule has 124 valence electrons. The molecule has 0 fully saturated rings. The van der Waals surface area contributed by atoms with Crippen molar-refractivity contribution < 1.29 is 10.0 Å². The number of benzene rings is 7. The van der Waals surface area contributed by atoms with Crippen molar-refractivity contribution in [1.29, 1.82) is 0 Å². The van der Waals surface area contributed by atoms with Gasteiger partial charge in [0.05, 0.1) is 0 Å². The predicted molar refractivity (Wildman–Crippen MR) is 115 cm³/mol. The lowest BCUT2D eigenvalue weighted by molar-refractivity contribution is 0.426. The van der Waals surface area contributed by atoms with Gasteiger partial charge in [0.1, 0.15) is 0 Å². The Bertz CT molecular complexity index is 1590. The minimum atomic E-state index is -1.49. The second-order valence-electron chi connectivity index (χ2n) is 7.58. The van der Waals surface area contributed by atoms with Crippen LogP contribution in [0, 0.1) is 0 Å². The van der Waals surface area contributed by atoms with E-state index < -0.39 is 7.12 Å². The van der Waals surface area contributed by atoms with E-state index in [1.807, 2.05) is 12.1 Å². The Morgan fingerprint density at radius 3 is 1.30 bits per heavy atom. The zero-order valence-electron chi connectivity index (χ0n) is 14.3. The molecule has 0 radical (unpaired) electrons. The van der Waals surface area contributed by atoms with Gasteiger partial charge in [-0.25, -0.2) is 0 Å². The van der Waals surface area contributed by atoms with Crippen LogP contribution in [-0.4, -0.2) is 17.2 Å². The van der Waals surface area contributed by atoms with E-state index in [1.54, 1.807) is 0 Å². The van der Waals surface area contributed by atoms with Gasteiger partial charge in [-0.2, -0.15) is 0 Å². The zero-order valence-corrected chi connectivity index (χ0v) is 14.3. The molecule has 7 rings (SSSR count). The third-order valence-corrected chi connectivity index (χ3v) is 6.31. The summed E-state index contributed by atoms with van der Waals surface area (Å²) in [7, 11) is -1.49. The van der Waals surface area contributed by atoms with Gasteiger partial charge in [0.15, 0.2) is 0 Å². The van der Waals surface area contributed by atoms with Crippen molar-refractivity contribution in [2.75, 3.05) is 0 Å². The third kappa shape index (κ3) is 1.49. The van der Waals surface area contributed by atoms with Gasteiger partial charge >= 0.3 is 7.12 Å². The van der Waals surface area contributed by atoms with Crippen LogP contribution >= 0.6 is 0 Å². The summed E-state index contributed by atoms with van der Waals surface area (Å²) in [5.74, 6) is 0. The minimum absolute atomic E-state index is 0.572. The third-order valence-electron chi connectivity index (χ3n) is 6.31. The molecule has 0 aliphatic rings. The Balaban J connectivity index is 2.01. The lowest BCUT2D eigenvalue weighted by Gasteiger charge is -2.21. The smallest absolute Gasteiger partial charge is 0.423 e. The molecule has 0 heterocycles. The van der Waals surface area contributed by atoms with E-state index in [9.17, 15) is 10.0 Å². The van der Waals surface area contributed by atoms with E-state index >= 15 is 0 Å². The molecule has 0 unspecified atom stereocenters. The van der Waals surface area contributed by atoms with Crippen LogP contribution in [-0.2, 0) is 0 Å². The van der Waals surface area contributed by atoms with Gasteiger partial charge in [0.2, 0.25) is 0 Å². The van der Waals surface area contributed by atoms with Crippen LogP contribution in [0.1, 0.15) is 0 Å². The van der Waals surface area contributed by atoms with Crippen LogP contribution in [0.4, 0.5) is 0 Å². The normalized spacial score (nSPS) is 12.8. The van der Waals surface area contributed by atoms with Gasteiger partial charge in [-0.05, 0) is 70.1 Å². The molecule has 0 aliphatic heterocycles. The van der Waals surface area contributed by atoms with Gasteiger partial charge in [-0.3, -0.25) is 0 Å². The highest BCUT2D eigenvalue weighted by Gasteiger charge is 2.24. The van der Waals surface area contributed by atoms with E-state index in [-0.39, 0.29) is 0 Å². The number of hydrogen-bond acceptors (Lipinski definition) is 2. The highest BCUT2D eigenvalue weighted by Crippen LogP contribution is 2.47. The molecule has 3 heteroatoms. The largest absolute Gasteiger partial charge is 0.489 e. The molecule has 2 nitrogen and oxygen atoms in total. The molecule has 0 aromatic heterocycles. The van der Waals surface area contributed by atoms with Gasteiger partial charge < -0.3 is 10.0 Å². The van der Waals surface area contributed by atoms with E-state index in [0.29, 0.717) is 5.46 Å². The quantitative estimate of drug-likeness (QED) is 0.260. The van der Waals surface area contributed by atoms with Crippen molar-refractivity contribution in [2.45, 2.75) is 0 Å². The summed E-state index contributed by atoms with van der Waals surface area (Å²) in [5, 5.41) is 34.5. The highest BCUT2D eigenvalue weighted by atomic mass is 16.4. The molecule has 0 spiro atoms. The van der Waals surface area contributed by atoms with Crippen LogP contribution in [0.15, 0.2) is 66.7 Å². The standard InChI is InChI=1S/C24H13BO2/c26-25(27)18-11-16-8-7-14-4-2-12-1-3-13-5-6-15-9-10-17(18)24-22(15)20(13)19(12)21(14)23(16)24/h1-11,26-27H. The predicted octanol–water partition coefficient (Wildman–Crippen LogP) is 4.60. The van der Waals surface area contributed by atoms with Gasteiger partial charge in [0, 0.05) is 0 Å². The molecule has 0 saturated carbocycles. The molecule has 2 N–H and O–H groups in total. The molecule has 7 aromatic carbocycles. The Morgan fingerprint density at radius 2 is 0.815 bits per heavy atom. The van der Waals surface area contributed by atoms with Crippen LogP contribution in [0.3, 0.4) is 0 Å². The summed E-state index contributed by atoms with van der Waals surface area (Å²) in [6.07, 6.45) is 0. The molecule has 0 aliphatic carbocycles. The summed E-state index contributed by atoms with van der Waals surface area (Å²) < 4.78 is 0. The van der Waals surface area contributed by atoms with Crippen molar-refractivity contribution in [2.24, 2.45) is 0 Å². The average molecular weight is 344 g/mol. The summed E-state index contributed by atoms with van der Waals surface area (Å²) >= 11 is 0. The van der Waals surface area contributed by atoms with Gasteiger partial charge in [-0.1, -0.05) is 66.7 Å². The summed E-state index contributed by atoms with van der Waals surface area (Å²) in [5.41, 5.74) is 0.572. The SMILES string of the molecule is OB(O)c1cc2ccc3ccc4ccc5ccc6ccc1c1c6c5c4c3c21. The minimum Gasteiger partial charge on any atom is -0.423 e. The lowest BCUT2D eigenvalue weighted by atomic mass is 9.73. The first-order valence-electron chi connectivity index (χ1n) is 9.19. The van der Waals surface area contributed by atoms with E-state index in [1.165, 1.54) is 48.5 Å². The topological polar surface area (TPSA) is 40.5 Å². The van der Waals surface area contributed by atoms with E-state index in [4.69, 9.17) is 0 Å². The molecule has 0 bridgehead atoms. The number of hydrogen-bond donors (Lipinski definition) is 2. The maximum atomic E-state index is 10.0. The van der Waals surface area contributed by atoms with E-state index in [0.717, 1.165) is 16.2 Å². The maximum absolute atomic E-state index is 10.0. The molecule has 27 heavy (non-hydrogen) atoms. The van der Waals surface area contributed by atoms with Crippen molar-refractivity contribution >= 4 is 77.2 Å². The van der Waals surface area contributed by atoms with Gasteiger partial charge in [-0.15, -0.1) is 0 Å². The summed E-state index contributed by atoms with van der Waals surface area (Å²) in [6, 6.07) is 23.5. The second kappa shape index (κ2) is 4.40. The Hall–Kier alpha value is -3.14. The first-order valence-corrected chi connectivity index (χ1v) is 9.19. The molecule has 0 atom stereocenters. The Labute approximate surface area is 154 Å². The van der Waals surface area contributed by atoms with Crippen molar-refractivity contribution in [1.82, 2.24) is 0 Å². The van der Waals surface area contributed by atoms with Crippen LogP contribution in [0.2, 0.25) is 0 Å². The first kappa shape index (κ1) is 14.0. The number of rotatable bonds is 1. The molecular formula is C24H13BO2.